The number of aromatic nitrogens is 2. The highest BCUT2D eigenvalue weighted by Gasteiger charge is 2.29. The van der Waals surface area contributed by atoms with E-state index in [0.29, 0.717) is 29.5 Å². The van der Waals surface area contributed by atoms with Crippen molar-refractivity contribution in [2.75, 3.05) is 33.9 Å². The fraction of sp³-hybridized carbons (Fsp3) is 0.579. The van der Waals surface area contributed by atoms with Crippen LogP contribution in [0, 0.1) is 6.92 Å². The number of aliphatic imine (C=N–C) groups is 1. The number of halogens is 3. The molecule has 1 amide bonds. The summed E-state index contributed by atoms with van der Waals surface area (Å²) < 4.78 is 50.2. The molecule has 0 aromatic carbocycles. The summed E-state index contributed by atoms with van der Waals surface area (Å²) in [7, 11) is 2.62. The lowest BCUT2D eigenvalue weighted by Gasteiger charge is -2.19. The Balaban J connectivity index is 2.06. The van der Waals surface area contributed by atoms with Crippen molar-refractivity contribution < 1.29 is 27.4 Å². The van der Waals surface area contributed by atoms with Crippen LogP contribution in [-0.2, 0) is 29.1 Å². The molecule has 0 unspecified atom stereocenters. The Bertz CT molecular complexity index is 1180. The van der Waals surface area contributed by atoms with Crippen LogP contribution in [0.1, 0.15) is 16.9 Å². The predicted octanol–water partition coefficient (Wildman–Crippen LogP) is 1.66. The van der Waals surface area contributed by atoms with E-state index < -0.39 is 36.5 Å². The zero-order valence-corrected chi connectivity index (χ0v) is 19.1. The summed E-state index contributed by atoms with van der Waals surface area (Å²) in [5, 5.41) is 2.71. The summed E-state index contributed by atoms with van der Waals surface area (Å²) in [5.74, 6) is 0.297. The monoisotopic (exact) mass is 491 g/mol. The fourth-order valence-electron chi connectivity index (χ4n) is 3.48. The molecule has 10 nitrogen and oxygen atoms in total. The minimum atomic E-state index is -4.46. The SMILES string of the molecule is COCCn1c(=O)c2c(C)c(CN3CCN=C3NC(=O)OC)sc2n(CCC(F)(F)F)c1=O. The van der Waals surface area contributed by atoms with Crippen LogP contribution in [-0.4, -0.2) is 66.2 Å². The molecule has 3 rings (SSSR count). The van der Waals surface area contributed by atoms with Crippen molar-refractivity contribution >= 4 is 33.6 Å². The average molecular weight is 491 g/mol. The van der Waals surface area contributed by atoms with E-state index in [9.17, 15) is 27.6 Å². The van der Waals surface area contributed by atoms with E-state index in [4.69, 9.17) is 4.74 Å². The number of hydrogen-bond donors (Lipinski definition) is 1. The first-order valence-electron chi connectivity index (χ1n) is 10.0. The number of alkyl carbamates (subject to hydrolysis) is 1. The van der Waals surface area contributed by atoms with Crippen LogP contribution in [0.3, 0.4) is 0 Å². The number of hydrogen-bond acceptors (Lipinski definition) is 8. The summed E-state index contributed by atoms with van der Waals surface area (Å²) in [6.07, 6.45) is -6.35. The van der Waals surface area contributed by atoms with E-state index in [-0.39, 0.29) is 29.9 Å². The number of aryl methyl sites for hydroxylation is 2. The molecule has 0 saturated heterocycles. The highest BCUT2D eigenvalue weighted by Crippen LogP contribution is 2.30. The molecule has 0 fully saturated rings. The van der Waals surface area contributed by atoms with Crippen molar-refractivity contribution in [1.29, 1.82) is 0 Å². The zero-order valence-electron chi connectivity index (χ0n) is 18.3. The Morgan fingerprint density at radius 1 is 1.21 bits per heavy atom. The van der Waals surface area contributed by atoms with Gasteiger partial charge in [0.05, 0.1) is 45.2 Å². The normalized spacial score (nSPS) is 14.1. The maximum absolute atomic E-state index is 13.1. The number of carbonyl (C=O) groups is 1. The molecule has 0 saturated carbocycles. The summed E-state index contributed by atoms with van der Waals surface area (Å²) in [6, 6.07) is 0. The van der Waals surface area contributed by atoms with E-state index in [1.165, 1.54) is 14.2 Å². The van der Waals surface area contributed by atoms with Gasteiger partial charge in [-0.15, -0.1) is 11.3 Å². The minimum Gasteiger partial charge on any atom is -0.453 e. The molecule has 1 aliphatic heterocycles. The first-order valence-corrected chi connectivity index (χ1v) is 10.8. The third-order valence-electron chi connectivity index (χ3n) is 5.20. The molecule has 0 bridgehead atoms. The molecule has 2 aromatic rings. The fourth-order valence-corrected chi connectivity index (χ4v) is 4.81. The number of alkyl halides is 3. The number of methoxy groups -OCH3 is 2. The van der Waals surface area contributed by atoms with Crippen LogP contribution >= 0.6 is 11.3 Å². The molecule has 2 aromatic heterocycles. The van der Waals surface area contributed by atoms with Gasteiger partial charge in [-0.3, -0.25) is 24.2 Å². The van der Waals surface area contributed by atoms with Crippen molar-refractivity contribution in [2.45, 2.75) is 39.2 Å². The standard InChI is InChI=1S/C19H24F3N5O5S/c1-11-12(10-25-7-5-23-16(25)24-17(29)32-3)33-15-13(11)14(28)26(8-9-31-2)18(30)27(15)6-4-19(20,21)22/h4-10H2,1-3H3,(H,23,24,29). The molecule has 0 atom stereocenters. The second-order valence-electron chi connectivity index (χ2n) is 7.32. The van der Waals surface area contributed by atoms with Gasteiger partial charge in [-0.05, 0) is 12.5 Å². The average Bonchev–Trinajstić information content (AvgIpc) is 3.31. The Labute approximate surface area is 190 Å². The maximum Gasteiger partial charge on any atom is 0.413 e. The van der Waals surface area contributed by atoms with Crippen molar-refractivity contribution in [2.24, 2.45) is 4.99 Å². The van der Waals surface area contributed by atoms with Gasteiger partial charge in [-0.1, -0.05) is 0 Å². The zero-order chi connectivity index (χ0) is 24.3. The van der Waals surface area contributed by atoms with Gasteiger partial charge < -0.3 is 14.4 Å². The Kier molecular flexibility index (Phi) is 7.47. The topological polar surface area (TPSA) is 107 Å². The molecule has 0 radical (unpaired) electrons. The van der Waals surface area contributed by atoms with Crippen LogP contribution in [0.25, 0.3) is 10.2 Å². The largest absolute Gasteiger partial charge is 0.453 e. The van der Waals surface area contributed by atoms with E-state index in [1.807, 2.05) is 0 Å². The van der Waals surface area contributed by atoms with Gasteiger partial charge >= 0.3 is 18.0 Å². The second kappa shape index (κ2) is 9.95. The highest BCUT2D eigenvalue weighted by atomic mass is 32.1. The summed E-state index contributed by atoms with van der Waals surface area (Å²) >= 11 is 1.09. The van der Waals surface area contributed by atoms with Gasteiger partial charge in [-0.2, -0.15) is 13.2 Å². The van der Waals surface area contributed by atoms with E-state index in [2.05, 4.69) is 15.0 Å². The summed E-state index contributed by atoms with van der Waals surface area (Å²) in [4.78, 5) is 44.4. The molecule has 0 spiro atoms. The number of thiophene rings is 1. The quantitative estimate of drug-likeness (QED) is 0.632. The number of nitrogens with one attached hydrogen (secondary N) is 1. The smallest absolute Gasteiger partial charge is 0.413 e. The summed E-state index contributed by atoms with van der Waals surface area (Å²) in [5.41, 5.74) is -0.813. The van der Waals surface area contributed by atoms with Gasteiger partial charge in [0.2, 0.25) is 5.96 Å². The number of fused-ring (bicyclic) bond motifs is 1. The van der Waals surface area contributed by atoms with E-state index >= 15 is 0 Å². The van der Waals surface area contributed by atoms with E-state index in [1.54, 1.807) is 11.8 Å². The lowest BCUT2D eigenvalue weighted by molar-refractivity contribution is -0.136. The number of nitrogens with zero attached hydrogens (tertiary/aromatic N) is 4. The van der Waals surface area contributed by atoms with Crippen molar-refractivity contribution in [3.05, 3.63) is 31.3 Å². The number of carbonyl (C=O) groups excluding carboxylic acids is 1. The van der Waals surface area contributed by atoms with Gasteiger partial charge in [0, 0.05) is 25.1 Å². The molecule has 0 aliphatic carbocycles. The molecule has 3 heterocycles. The molecule has 33 heavy (non-hydrogen) atoms. The summed E-state index contributed by atoms with van der Waals surface area (Å²) in [6.45, 7) is 2.24. The first-order chi connectivity index (χ1) is 15.6. The molecule has 1 aliphatic rings. The minimum absolute atomic E-state index is 0.0583. The van der Waals surface area contributed by atoms with Gasteiger partial charge in [0.1, 0.15) is 4.83 Å². The molecule has 14 heteroatoms. The Hall–Kier alpha value is -2.87. The van der Waals surface area contributed by atoms with Gasteiger partial charge in [0.15, 0.2) is 0 Å². The number of rotatable bonds is 7. The van der Waals surface area contributed by atoms with Gasteiger partial charge in [-0.25, -0.2) is 9.59 Å². The lowest BCUT2D eigenvalue weighted by Crippen LogP contribution is -2.41. The third kappa shape index (κ3) is 5.38. The molecular formula is C19H24F3N5O5S. The Morgan fingerprint density at radius 2 is 1.94 bits per heavy atom. The van der Waals surface area contributed by atoms with Crippen molar-refractivity contribution in [3.8, 4) is 0 Å². The van der Waals surface area contributed by atoms with Crippen LogP contribution < -0.4 is 16.6 Å². The number of amides is 1. The molecular weight excluding hydrogens is 467 g/mol. The van der Waals surface area contributed by atoms with Crippen molar-refractivity contribution in [1.82, 2.24) is 19.4 Å². The first kappa shape index (κ1) is 24.8. The number of ether oxygens (including phenoxy) is 2. The van der Waals surface area contributed by atoms with Crippen molar-refractivity contribution in [3.63, 3.8) is 0 Å². The van der Waals surface area contributed by atoms with Crippen LogP contribution in [0.4, 0.5) is 18.0 Å². The predicted molar refractivity (Wildman–Crippen MR) is 116 cm³/mol. The van der Waals surface area contributed by atoms with Crippen LogP contribution in [0.2, 0.25) is 0 Å². The maximum atomic E-state index is 13.1. The third-order valence-corrected chi connectivity index (χ3v) is 6.50. The lowest BCUT2D eigenvalue weighted by atomic mass is 10.2. The molecule has 182 valence electrons. The number of guanidine groups is 1. The van der Waals surface area contributed by atoms with Crippen LogP contribution in [0.15, 0.2) is 14.6 Å². The van der Waals surface area contributed by atoms with Crippen LogP contribution in [0.5, 0.6) is 0 Å². The van der Waals surface area contributed by atoms with Gasteiger partial charge in [0.25, 0.3) is 5.56 Å². The second-order valence-corrected chi connectivity index (χ2v) is 8.41. The Morgan fingerprint density at radius 3 is 2.58 bits per heavy atom. The highest BCUT2D eigenvalue weighted by molar-refractivity contribution is 7.18. The molecule has 1 N–H and O–H groups in total. The van der Waals surface area contributed by atoms with E-state index in [0.717, 1.165) is 20.5 Å².